The van der Waals surface area contributed by atoms with Crippen LogP contribution in [0.2, 0.25) is 0 Å². The number of fused-ring (bicyclic) bond motifs is 2. The van der Waals surface area contributed by atoms with Gasteiger partial charge < -0.3 is 93.4 Å². The van der Waals surface area contributed by atoms with Crippen LogP contribution >= 0.6 is 0 Å². The number of hydrogen-bond donors (Lipinski definition) is 16. The summed E-state index contributed by atoms with van der Waals surface area (Å²) in [6, 6.07) is -7.06. The number of nitrogens with one attached hydrogen (secondary N) is 6. The van der Waals surface area contributed by atoms with Gasteiger partial charge in [-0.3, -0.25) is 38.4 Å². The fraction of sp³-hybridized carbons (Fsp3) is 0.741. The zero-order chi connectivity index (χ0) is 59.4. The molecule has 3 fully saturated rings. The van der Waals surface area contributed by atoms with E-state index in [1.807, 2.05) is 0 Å². The van der Waals surface area contributed by atoms with E-state index in [-0.39, 0.29) is 43.7 Å². The monoisotopic (exact) mass is 1140 g/mol. The highest BCUT2D eigenvalue weighted by Gasteiger charge is 2.49. The molecule has 0 aliphatic carbocycles. The van der Waals surface area contributed by atoms with E-state index in [1.54, 1.807) is 0 Å². The summed E-state index contributed by atoms with van der Waals surface area (Å²) in [5.74, 6) is -7.60. The van der Waals surface area contributed by atoms with Crippen LogP contribution in [0.15, 0.2) is 24.3 Å². The molecule has 452 valence electrons. The first-order valence-electron chi connectivity index (χ1n) is 28.2. The van der Waals surface area contributed by atoms with E-state index >= 15 is 0 Å². The lowest BCUT2D eigenvalue weighted by Gasteiger charge is -2.34. The molecular weight excluding hydrogens is 1050 g/mol. The van der Waals surface area contributed by atoms with E-state index in [1.165, 1.54) is 18.6 Å². The number of amides is 8. The van der Waals surface area contributed by atoms with Crippen molar-refractivity contribution in [2.75, 3.05) is 26.2 Å². The largest absolute Gasteiger partial charge is 0.508 e. The van der Waals surface area contributed by atoms with E-state index in [2.05, 4.69) is 52.7 Å². The molecular formula is C54H89N9O17. The lowest BCUT2D eigenvalue weighted by atomic mass is 9.91. The van der Waals surface area contributed by atoms with Crippen LogP contribution in [-0.4, -0.2) is 208 Å². The highest BCUT2D eigenvalue weighted by Crippen LogP contribution is 2.27. The van der Waals surface area contributed by atoms with Crippen LogP contribution in [0.3, 0.4) is 0 Å². The topological polar surface area (TPSA) is 423 Å². The molecule has 4 rings (SSSR count). The van der Waals surface area contributed by atoms with Gasteiger partial charge in [0.05, 0.1) is 24.4 Å². The molecule has 0 aromatic heterocycles. The minimum Gasteiger partial charge on any atom is -0.508 e. The second kappa shape index (κ2) is 32.8. The third-order valence-corrected chi connectivity index (χ3v) is 15.3. The first kappa shape index (κ1) is 66.9. The predicted octanol–water partition coefficient (Wildman–Crippen LogP) is -2.97. The fourth-order valence-corrected chi connectivity index (χ4v) is 10.3. The molecule has 0 spiro atoms. The zero-order valence-electron chi connectivity index (χ0n) is 46.5. The van der Waals surface area contributed by atoms with Gasteiger partial charge >= 0.3 is 0 Å². The molecule has 1 aromatic rings. The summed E-state index contributed by atoms with van der Waals surface area (Å²) >= 11 is 0. The Morgan fingerprint density at radius 1 is 0.688 bits per heavy atom. The third kappa shape index (κ3) is 19.8. The number of carbonyl (C=O) groups excluding carboxylic acids is 8. The summed E-state index contributed by atoms with van der Waals surface area (Å²) in [6.45, 7) is 6.74. The molecule has 0 radical (unpaired) electrons. The molecule has 3 heterocycles. The number of nitrogens with two attached hydrogens (primary N) is 1. The smallest absolute Gasteiger partial charge is 0.248 e. The number of carbonyl (C=O) groups is 8. The molecule has 3 saturated heterocycles. The van der Waals surface area contributed by atoms with Crippen molar-refractivity contribution in [3.05, 3.63) is 29.8 Å². The number of phenolic OH excluding ortho intramolecular Hbond substituents is 1. The fourth-order valence-electron chi connectivity index (χ4n) is 10.3. The first-order valence-corrected chi connectivity index (χ1v) is 28.2. The van der Waals surface area contributed by atoms with Crippen molar-refractivity contribution < 1.29 is 84.3 Å². The number of hydrogen-bond acceptors (Lipinski definition) is 18. The molecule has 3 aliphatic rings. The predicted molar refractivity (Wildman–Crippen MR) is 288 cm³/mol. The lowest BCUT2D eigenvalue weighted by Crippen LogP contribution is -2.64. The van der Waals surface area contributed by atoms with Crippen LogP contribution in [0.4, 0.5) is 0 Å². The SMILES string of the molecule is CCC(C)CC(C)CCCCCCCCC(=O)NC1CC(O)C(O)NC(=O)C2C(O)CCN2C(=O)C(C(O)CCNC(=O)CCCN)NC(=O)C(C(O)C(O)c2ccc(O)cc2)NC(=O)C2CC(O)CN2C(=O)C(C(C)O)NC1=O. The summed E-state index contributed by atoms with van der Waals surface area (Å²) in [4.78, 5) is 114. The van der Waals surface area contributed by atoms with Crippen LogP contribution < -0.4 is 37.6 Å². The highest BCUT2D eigenvalue weighted by molar-refractivity contribution is 5.98. The molecule has 8 amide bonds. The maximum absolute atomic E-state index is 14.7. The molecule has 3 aliphatic heterocycles. The molecule has 16 atom stereocenters. The number of aliphatic hydroxyl groups excluding tert-OH is 8. The van der Waals surface area contributed by atoms with Gasteiger partial charge in [-0.2, -0.15) is 0 Å². The van der Waals surface area contributed by atoms with Gasteiger partial charge in [0.2, 0.25) is 47.3 Å². The van der Waals surface area contributed by atoms with Crippen LogP contribution in [-0.2, 0) is 38.4 Å². The summed E-state index contributed by atoms with van der Waals surface area (Å²) < 4.78 is 0. The number of unbranched alkanes of at least 4 members (excludes halogenated alkanes) is 5. The minimum absolute atomic E-state index is 0.0128. The van der Waals surface area contributed by atoms with Crippen molar-refractivity contribution in [1.29, 1.82) is 0 Å². The summed E-state index contributed by atoms with van der Waals surface area (Å²) in [6.07, 6.45) is -8.86. The maximum Gasteiger partial charge on any atom is 0.248 e. The van der Waals surface area contributed by atoms with Crippen molar-refractivity contribution in [2.45, 2.75) is 216 Å². The average Bonchev–Trinajstić information content (AvgIpc) is 4.03. The Labute approximate surface area is 467 Å². The molecule has 16 unspecified atom stereocenters. The van der Waals surface area contributed by atoms with E-state index in [0.29, 0.717) is 31.1 Å². The number of nitrogens with zero attached hydrogens (tertiary/aromatic N) is 2. The Balaban J connectivity index is 1.71. The Hall–Kier alpha value is -5.58. The van der Waals surface area contributed by atoms with E-state index in [9.17, 15) is 84.3 Å². The summed E-state index contributed by atoms with van der Waals surface area (Å²) in [5, 5.41) is 114. The standard InChI is InChI=1S/C54H89N9O17/c1-5-29(2)25-30(3)13-10-8-6-7-9-11-14-41(71)57-35-27-39(69)50(76)61-52(78)45-38(68)21-24-62(45)54(80)43(37(67)20-23-56-40(70)15-12-22-55)59-51(77)44(47(73)46(72)32-16-18-33(65)19-17-32)60-49(75)36-26-34(66)28-63(36)53(79)42(31(4)64)58-48(35)74/h16-19,29-31,34-39,42-47,50,64-69,72-73,76H,5-15,20-28,55H2,1-4H3,(H,56,70)(H,57,71)(H,58,74)(H,59,77)(H,60,75)(H,61,78). The van der Waals surface area contributed by atoms with Gasteiger partial charge in [0.15, 0.2) is 6.23 Å². The second-order valence-electron chi connectivity index (χ2n) is 21.9. The van der Waals surface area contributed by atoms with Gasteiger partial charge in [0.25, 0.3) is 0 Å². The highest BCUT2D eigenvalue weighted by atomic mass is 16.3. The third-order valence-electron chi connectivity index (χ3n) is 15.3. The number of rotatable bonds is 24. The number of benzene rings is 1. The van der Waals surface area contributed by atoms with Crippen molar-refractivity contribution in [3.63, 3.8) is 0 Å². The molecule has 80 heavy (non-hydrogen) atoms. The number of aromatic hydroxyl groups is 1. The van der Waals surface area contributed by atoms with Gasteiger partial charge in [-0.1, -0.05) is 77.8 Å². The maximum atomic E-state index is 14.7. The Bertz CT molecular complexity index is 2190. The minimum atomic E-state index is -2.34. The van der Waals surface area contributed by atoms with Gasteiger partial charge in [0.1, 0.15) is 60.3 Å². The van der Waals surface area contributed by atoms with Gasteiger partial charge in [-0.25, -0.2) is 0 Å². The molecule has 26 heteroatoms. The van der Waals surface area contributed by atoms with Crippen LogP contribution in [0.5, 0.6) is 5.75 Å². The van der Waals surface area contributed by atoms with Gasteiger partial charge in [-0.15, -0.1) is 0 Å². The summed E-state index contributed by atoms with van der Waals surface area (Å²) in [5.41, 5.74) is 5.41. The quantitative estimate of drug-likeness (QED) is 0.0460. The Kier molecular flexibility index (Phi) is 27.4. The molecule has 0 bridgehead atoms. The van der Waals surface area contributed by atoms with Crippen LogP contribution in [0, 0.1) is 11.8 Å². The molecule has 26 nitrogen and oxygen atoms in total. The Morgan fingerprint density at radius 2 is 1.30 bits per heavy atom. The van der Waals surface area contributed by atoms with Gasteiger partial charge in [0, 0.05) is 45.3 Å². The van der Waals surface area contributed by atoms with E-state index in [4.69, 9.17) is 5.73 Å². The second-order valence-corrected chi connectivity index (χ2v) is 21.9. The van der Waals surface area contributed by atoms with Crippen molar-refractivity contribution >= 4 is 47.3 Å². The van der Waals surface area contributed by atoms with Gasteiger partial charge in [-0.05, 0) is 75.1 Å². The Morgan fingerprint density at radius 3 is 1.95 bits per heavy atom. The van der Waals surface area contributed by atoms with E-state index in [0.717, 1.165) is 67.4 Å². The normalized spacial score (nSPS) is 27.9. The van der Waals surface area contributed by atoms with Crippen molar-refractivity contribution in [1.82, 2.24) is 41.7 Å². The number of aliphatic hydroxyl groups is 8. The molecule has 0 saturated carbocycles. The van der Waals surface area contributed by atoms with Crippen LogP contribution in [0.25, 0.3) is 0 Å². The average molecular weight is 1140 g/mol. The lowest BCUT2D eigenvalue weighted by molar-refractivity contribution is -0.149. The van der Waals surface area contributed by atoms with E-state index < -0.39 is 165 Å². The summed E-state index contributed by atoms with van der Waals surface area (Å²) in [7, 11) is 0. The number of phenols is 1. The van der Waals surface area contributed by atoms with Crippen LogP contribution in [0.1, 0.15) is 142 Å². The van der Waals surface area contributed by atoms with Crippen molar-refractivity contribution in [2.24, 2.45) is 17.6 Å². The zero-order valence-corrected chi connectivity index (χ0v) is 46.5. The molecule has 1 aromatic carbocycles. The first-order chi connectivity index (χ1) is 37.9. The van der Waals surface area contributed by atoms with Crippen molar-refractivity contribution in [3.8, 4) is 5.75 Å². The molecule has 17 N–H and O–H groups in total.